The molecule has 0 bridgehead atoms. The summed E-state index contributed by atoms with van der Waals surface area (Å²) in [4.78, 5) is 20.5. The van der Waals surface area contributed by atoms with Crippen LogP contribution in [-0.2, 0) is 50.5 Å². The van der Waals surface area contributed by atoms with Crippen molar-refractivity contribution < 1.29 is 26.4 Å². The molecule has 0 spiro atoms. The maximum absolute atomic E-state index is 12.6. The van der Waals surface area contributed by atoms with Crippen LogP contribution in [0.15, 0.2) is 93.6 Å². The number of fused-ring (bicyclic) bond motifs is 2. The Morgan fingerprint density at radius 1 is 0.796 bits per heavy atom. The van der Waals surface area contributed by atoms with Crippen LogP contribution in [0.4, 0.5) is 10.3 Å². The van der Waals surface area contributed by atoms with Crippen LogP contribution in [-0.4, -0.2) is 51.4 Å². The maximum Gasteiger partial charge on any atom is 0.263 e. The lowest BCUT2D eigenvalue weighted by molar-refractivity contribution is -0.123. The molecule has 2 heterocycles. The Balaban J connectivity index is 0.000000188. The number of rotatable bonds is 10. The number of ether oxygens (including phenoxy) is 1. The molecule has 0 aliphatic heterocycles. The quantitative estimate of drug-likeness (QED) is 0.158. The molecule has 49 heavy (non-hydrogen) atoms. The number of sulfonamides is 2. The first-order chi connectivity index (χ1) is 23.4. The van der Waals surface area contributed by atoms with E-state index in [0.29, 0.717) is 33.9 Å². The number of hydrogen-bond donors (Lipinski definition) is 4. The summed E-state index contributed by atoms with van der Waals surface area (Å²) in [6, 6.07) is 17.0. The van der Waals surface area contributed by atoms with Crippen molar-refractivity contribution in [3.63, 3.8) is 0 Å². The van der Waals surface area contributed by atoms with Crippen LogP contribution in [0.3, 0.4) is 0 Å². The first kappa shape index (κ1) is 34.8. The van der Waals surface area contributed by atoms with Crippen molar-refractivity contribution in [2.24, 2.45) is 5.73 Å². The molecule has 2 unspecified atom stereocenters. The Hall–Kier alpha value is -4.06. The lowest BCUT2D eigenvalue weighted by Crippen LogP contribution is -2.38. The smallest absolute Gasteiger partial charge is 0.263 e. The van der Waals surface area contributed by atoms with Crippen LogP contribution in [0.2, 0.25) is 5.02 Å². The number of nitrogens with two attached hydrogens (primary N) is 1. The molecule has 3 aromatic carbocycles. The molecule has 0 saturated heterocycles. The van der Waals surface area contributed by atoms with Gasteiger partial charge in [-0.05, 0) is 90.4 Å². The standard InChI is InChI=1S/C20H18ClN3O4S2.C12H13N3O2S2/c21-15-2-1-3-17(11-15)28-12-19(25)23-16-8-13-4-5-18(10-14(13)9-16)30(26,27)24-20-22-6-7-29-20;13-10-5-8-1-2-11(7-9(8)6-10)19(16,17)15-12-14-3-4-18-12/h1-7,10-11,16H,8-9,12H2,(H,22,24)(H,23,25);1-4,7,10H,5-6,13H2,(H,14,15). The minimum Gasteiger partial charge on any atom is -0.484 e. The third-order valence-corrected chi connectivity index (χ3v) is 12.3. The van der Waals surface area contributed by atoms with Crippen LogP contribution < -0.4 is 25.2 Å². The minimum atomic E-state index is -3.71. The molecule has 2 aromatic heterocycles. The fourth-order valence-corrected chi connectivity index (χ4v) is 9.39. The van der Waals surface area contributed by atoms with E-state index in [1.807, 2.05) is 6.07 Å². The van der Waals surface area contributed by atoms with Gasteiger partial charge in [-0.3, -0.25) is 14.2 Å². The lowest BCUT2D eigenvalue weighted by atomic mass is 10.1. The maximum atomic E-state index is 12.6. The number of nitrogens with one attached hydrogen (secondary N) is 3. The highest BCUT2D eigenvalue weighted by atomic mass is 35.5. The van der Waals surface area contributed by atoms with Crippen molar-refractivity contribution in [1.29, 1.82) is 0 Å². The third kappa shape index (κ3) is 8.95. The van der Waals surface area contributed by atoms with Gasteiger partial charge in [-0.2, -0.15) is 0 Å². The van der Waals surface area contributed by atoms with E-state index in [9.17, 15) is 21.6 Å². The van der Waals surface area contributed by atoms with E-state index < -0.39 is 20.0 Å². The normalized spacial score (nSPS) is 16.5. The van der Waals surface area contributed by atoms with E-state index >= 15 is 0 Å². The number of benzene rings is 3. The van der Waals surface area contributed by atoms with Crippen molar-refractivity contribution in [3.05, 3.63) is 111 Å². The second-order valence-electron chi connectivity index (χ2n) is 11.3. The van der Waals surface area contributed by atoms with E-state index in [-0.39, 0.29) is 34.4 Å². The highest BCUT2D eigenvalue weighted by Gasteiger charge is 2.26. The Morgan fingerprint density at radius 2 is 1.35 bits per heavy atom. The van der Waals surface area contributed by atoms with Gasteiger partial charge in [-0.15, -0.1) is 22.7 Å². The van der Waals surface area contributed by atoms with E-state index in [0.717, 1.165) is 35.1 Å². The Labute approximate surface area is 296 Å². The molecule has 2 aliphatic rings. The van der Waals surface area contributed by atoms with Crippen LogP contribution >= 0.6 is 34.3 Å². The van der Waals surface area contributed by atoms with E-state index in [2.05, 4.69) is 24.7 Å². The number of carbonyl (C=O) groups is 1. The first-order valence-electron chi connectivity index (χ1n) is 14.9. The molecular formula is C32H31ClN6O6S4. The van der Waals surface area contributed by atoms with Crippen molar-refractivity contribution >= 4 is 70.5 Å². The molecule has 2 atom stereocenters. The van der Waals surface area contributed by atoms with Crippen molar-refractivity contribution in [1.82, 2.24) is 15.3 Å². The Bertz CT molecular complexity index is 2160. The minimum absolute atomic E-state index is 0.0971. The molecule has 5 N–H and O–H groups in total. The SMILES string of the molecule is NC1Cc2ccc(S(=O)(=O)Nc3nccs3)cc2C1.O=C(COc1cccc(Cl)c1)NC1Cc2ccc(S(=O)(=O)Nc3nccs3)cc2C1. The summed E-state index contributed by atoms with van der Waals surface area (Å²) in [6.07, 6.45) is 5.83. The average molecular weight is 759 g/mol. The van der Waals surface area contributed by atoms with Crippen LogP contribution in [0.1, 0.15) is 22.3 Å². The van der Waals surface area contributed by atoms with E-state index in [4.69, 9.17) is 22.1 Å². The van der Waals surface area contributed by atoms with Gasteiger partial charge in [0.2, 0.25) is 0 Å². The van der Waals surface area contributed by atoms with Crippen LogP contribution in [0.5, 0.6) is 5.75 Å². The zero-order chi connectivity index (χ0) is 34.6. The molecule has 2 aliphatic carbocycles. The summed E-state index contributed by atoms with van der Waals surface area (Å²) in [5.41, 5.74) is 9.96. The molecule has 17 heteroatoms. The predicted molar refractivity (Wildman–Crippen MR) is 190 cm³/mol. The molecule has 1 amide bonds. The second kappa shape index (κ2) is 14.8. The average Bonchev–Trinajstić information content (AvgIpc) is 3.87. The Kier molecular flexibility index (Phi) is 10.5. The largest absolute Gasteiger partial charge is 0.484 e. The third-order valence-electron chi connectivity index (χ3n) is 7.71. The van der Waals surface area contributed by atoms with Gasteiger partial charge in [0.15, 0.2) is 16.9 Å². The first-order valence-corrected chi connectivity index (χ1v) is 20.1. The summed E-state index contributed by atoms with van der Waals surface area (Å²) in [6.45, 7) is -0.120. The molecule has 0 saturated carbocycles. The summed E-state index contributed by atoms with van der Waals surface area (Å²) < 4.78 is 59.9. The van der Waals surface area contributed by atoms with Gasteiger partial charge in [0.1, 0.15) is 5.75 Å². The predicted octanol–water partition coefficient (Wildman–Crippen LogP) is 4.63. The van der Waals surface area contributed by atoms with E-state index in [1.165, 1.54) is 28.9 Å². The van der Waals surface area contributed by atoms with Gasteiger partial charge in [-0.1, -0.05) is 29.8 Å². The topological polar surface area (TPSA) is 182 Å². The number of hydrogen-bond acceptors (Lipinski definition) is 11. The molecule has 12 nitrogen and oxygen atoms in total. The monoisotopic (exact) mass is 758 g/mol. The van der Waals surface area contributed by atoms with Crippen LogP contribution in [0.25, 0.3) is 0 Å². The lowest BCUT2D eigenvalue weighted by Gasteiger charge is -2.12. The van der Waals surface area contributed by atoms with Crippen molar-refractivity contribution in [2.45, 2.75) is 47.6 Å². The number of aromatic nitrogens is 2. The van der Waals surface area contributed by atoms with Crippen molar-refractivity contribution in [2.75, 3.05) is 16.1 Å². The highest BCUT2D eigenvalue weighted by molar-refractivity contribution is 7.93. The molecule has 5 aromatic rings. The zero-order valence-corrected chi connectivity index (χ0v) is 29.7. The molecule has 256 valence electrons. The number of carbonyl (C=O) groups excluding carboxylic acids is 1. The Morgan fingerprint density at radius 3 is 1.92 bits per heavy atom. The van der Waals surface area contributed by atoms with Crippen LogP contribution in [0, 0.1) is 0 Å². The summed E-state index contributed by atoms with van der Waals surface area (Å²) in [5, 5.41) is 7.58. The van der Waals surface area contributed by atoms with Gasteiger partial charge >= 0.3 is 0 Å². The van der Waals surface area contributed by atoms with Gasteiger partial charge in [0, 0.05) is 40.3 Å². The zero-order valence-electron chi connectivity index (χ0n) is 25.7. The summed E-state index contributed by atoms with van der Waals surface area (Å²) in [7, 11) is -7.27. The fourth-order valence-electron chi connectivity index (χ4n) is 5.53. The van der Waals surface area contributed by atoms with Gasteiger partial charge in [0.05, 0.1) is 9.79 Å². The van der Waals surface area contributed by atoms with E-state index in [1.54, 1.807) is 71.6 Å². The highest BCUT2D eigenvalue weighted by Crippen LogP contribution is 2.28. The number of thiazole rings is 2. The molecular weight excluding hydrogens is 728 g/mol. The number of nitrogens with zero attached hydrogens (tertiary/aromatic N) is 2. The van der Waals surface area contributed by atoms with Gasteiger partial charge in [0.25, 0.3) is 26.0 Å². The number of amides is 1. The van der Waals surface area contributed by atoms with Gasteiger partial charge in [-0.25, -0.2) is 26.8 Å². The van der Waals surface area contributed by atoms with Crippen molar-refractivity contribution in [3.8, 4) is 5.75 Å². The fraction of sp³-hybridized carbons (Fsp3) is 0.219. The second-order valence-corrected chi connectivity index (χ2v) is 16.9. The number of anilines is 2. The molecule has 0 fully saturated rings. The molecule has 0 radical (unpaired) electrons. The summed E-state index contributed by atoms with van der Waals surface area (Å²) in [5.74, 6) is 0.279. The molecule has 7 rings (SSSR count). The van der Waals surface area contributed by atoms with Gasteiger partial charge < -0.3 is 15.8 Å². The number of halogens is 1. The summed E-state index contributed by atoms with van der Waals surface area (Å²) >= 11 is 8.36.